The van der Waals surface area contributed by atoms with Crippen LogP contribution in [0.5, 0.6) is 0 Å². The van der Waals surface area contributed by atoms with Gasteiger partial charge in [-0.25, -0.2) is 0 Å². The predicted molar refractivity (Wildman–Crippen MR) is 65.5 cm³/mol. The number of hydrogen-bond acceptors (Lipinski definition) is 5. The number of nitrogens with zero attached hydrogens (tertiary/aromatic N) is 4. The molecule has 98 valence electrons. The summed E-state index contributed by atoms with van der Waals surface area (Å²) in [6, 6.07) is 0.149. The number of carbonyl (C=O) groups excluding carboxylic acids is 1. The Morgan fingerprint density at radius 3 is 2.67 bits per heavy atom. The van der Waals surface area contributed by atoms with Crippen molar-refractivity contribution in [2.24, 2.45) is 7.05 Å². The fraction of sp³-hybridized carbons (Fsp3) is 0.636. The number of rotatable bonds is 3. The normalized spacial score (nSPS) is 16.9. The second kappa shape index (κ2) is 4.75. The van der Waals surface area contributed by atoms with E-state index in [9.17, 15) is 14.9 Å². The zero-order chi connectivity index (χ0) is 13.3. The molecule has 18 heavy (non-hydrogen) atoms. The molecule has 0 radical (unpaired) electrons. The molecule has 0 aromatic carbocycles. The Bertz CT molecular complexity index is 473. The van der Waals surface area contributed by atoms with E-state index in [1.54, 1.807) is 14.1 Å². The van der Waals surface area contributed by atoms with Gasteiger partial charge in [-0.2, -0.15) is 0 Å². The van der Waals surface area contributed by atoms with Crippen LogP contribution < -0.4 is 4.90 Å². The van der Waals surface area contributed by atoms with Crippen molar-refractivity contribution >= 4 is 17.3 Å². The van der Waals surface area contributed by atoms with Gasteiger partial charge in [0.2, 0.25) is 5.82 Å². The van der Waals surface area contributed by atoms with Crippen LogP contribution in [0.4, 0.5) is 11.5 Å². The van der Waals surface area contributed by atoms with Crippen LogP contribution in [-0.4, -0.2) is 33.6 Å². The number of nitro groups is 1. The van der Waals surface area contributed by atoms with E-state index in [1.807, 2.05) is 4.90 Å². The molecule has 0 unspecified atom stereocenters. The third-order valence-electron chi connectivity index (χ3n) is 3.38. The Kier molecular flexibility index (Phi) is 3.31. The Hall–Kier alpha value is -1.92. The average Bonchev–Trinajstić information content (AvgIpc) is 2.71. The molecule has 1 aliphatic carbocycles. The molecule has 0 saturated heterocycles. The highest BCUT2D eigenvalue weighted by Crippen LogP contribution is 2.30. The molecule has 1 saturated carbocycles. The molecule has 0 bridgehead atoms. The summed E-state index contributed by atoms with van der Waals surface area (Å²) < 4.78 is 1.44. The number of hydrogen-bond donors (Lipinski definition) is 0. The van der Waals surface area contributed by atoms with Crippen LogP contribution in [0.1, 0.15) is 25.7 Å². The Morgan fingerprint density at radius 1 is 1.50 bits per heavy atom. The van der Waals surface area contributed by atoms with Crippen LogP contribution in [0.25, 0.3) is 0 Å². The molecular weight excluding hydrogens is 236 g/mol. The van der Waals surface area contributed by atoms with Crippen molar-refractivity contribution in [1.29, 1.82) is 0 Å². The maximum absolute atomic E-state index is 11.2. The summed E-state index contributed by atoms with van der Waals surface area (Å²) in [6.07, 6.45) is 3.98. The van der Waals surface area contributed by atoms with Crippen molar-refractivity contribution < 1.29 is 9.72 Å². The summed E-state index contributed by atoms with van der Waals surface area (Å²) in [5, 5.41) is 15.1. The fourth-order valence-electron chi connectivity index (χ4n) is 2.33. The number of carbonyl (C=O) groups is 1. The first-order chi connectivity index (χ1) is 8.49. The van der Waals surface area contributed by atoms with Gasteiger partial charge in [-0.3, -0.25) is 19.6 Å². The molecule has 1 aromatic heterocycles. The SMILES string of the molecule is CN(c1nn(C)cc1[N+](=O)[O-])C1CCC(=O)CC1. The summed E-state index contributed by atoms with van der Waals surface area (Å²) in [5.41, 5.74) is 0.0110. The molecule has 1 fully saturated rings. The summed E-state index contributed by atoms with van der Waals surface area (Å²) in [6.45, 7) is 0. The summed E-state index contributed by atoms with van der Waals surface area (Å²) in [5.74, 6) is 0.650. The van der Waals surface area contributed by atoms with Gasteiger partial charge in [0.15, 0.2) is 0 Å². The minimum Gasteiger partial charge on any atom is -0.349 e. The van der Waals surface area contributed by atoms with Gasteiger partial charge in [0.1, 0.15) is 12.0 Å². The number of ketones is 1. The van der Waals surface area contributed by atoms with Crippen molar-refractivity contribution in [3.63, 3.8) is 0 Å². The molecule has 1 aliphatic rings. The monoisotopic (exact) mass is 252 g/mol. The predicted octanol–water partition coefficient (Wildman–Crippen LogP) is 1.28. The van der Waals surface area contributed by atoms with Gasteiger partial charge < -0.3 is 4.90 Å². The van der Waals surface area contributed by atoms with Crippen molar-refractivity contribution in [2.75, 3.05) is 11.9 Å². The van der Waals surface area contributed by atoms with Gasteiger partial charge in [0, 0.05) is 33.0 Å². The topological polar surface area (TPSA) is 81.3 Å². The molecule has 7 heteroatoms. The second-order valence-electron chi connectivity index (χ2n) is 4.65. The zero-order valence-electron chi connectivity index (χ0n) is 10.5. The van der Waals surface area contributed by atoms with E-state index >= 15 is 0 Å². The molecular formula is C11H16N4O3. The molecule has 0 amide bonds. The molecule has 0 atom stereocenters. The van der Waals surface area contributed by atoms with Crippen LogP contribution in [0, 0.1) is 10.1 Å². The largest absolute Gasteiger partial charge is 0.349 e. The minimum atomic E-state index is -0.424. The van der Waals surface area contributed by atoms with E-state index in [0.717, 1.165) is 12.8 Å². The standard InChI is InChI=1S/C11H16N4O3/c1-13-7-10(15(17)18)11(12-13)14(2)8-3-5-9(16)6-4-8/h7-8H,3-6H2,1-2H3. The van der Waals surface area contributed by atoms with E-state index in [0.29, 0.717) is 18.7 Å². The first-order valence-corrected chi connectivity index (χ1v) is 5.91. The van der Waals surface area contributed by atoms with Crippen LogP contribution in [-0.2, 0) is 11.8 Å². The Labute approximate surface area is 105 Å². The lowest BCUT2D eigenvalue weighted by Gasteiger charge is -2.30. The van der Waals surface area contributed by atoms with E-state index in [4.69, 9.17) is 0 Å². The molecule has 1 aromatic rings. The van der Waals surface area contributed by atoms with Crippen LogP contribution >= 0.6 is 0 Å². The molecule has 1 heterocycles. The third kappa shape index (κ3) is 2.34. The minimum absolute atomic E-state index is 0.0110. The molecule has 7 nitrogen and oxygen atoms in total. The summed E-state index contributed by atoms with van der Waals surface area (Å²) in [4.78, 5) is 23.5. The summed E-state index contributed by atoms with van der Waals surface area (Å²) >= 11 is 0. The highest BCUT2D eigenvalue weighted by molar-refractivity contribution is 5.79. The van der Waals surface area contributed by atoms with Crippen LogP contribution in [0.2, 0.25) is 0 Å². The fourth-order valence-corrected chi connectivity index (χ4v) is 2.33. The maximum Gasteiger partial charge on any atom is 0.330 e. The highest BCUT2D eigenvalue weighted by atomic mass is 16.6. The van der Waals surface area contributed by atoms with Gasteiger partial charge in [0.05, 0.1) is 4.92 Å². The van der Waals surface area contributed by atoms with Gasteiger partial charge in [-0.1, -0.05) is 0 Å². The van der Waals surface area contributed by atoms with Crippen molar-refractivity contribution in [1.82, 2.24) is 9.78 Å². The van der Waals surface area contributed by atoms with Crippen molar-refractivity contribution in [3.05, 3.63) is 16.3 Å². The molecule has 2 rings (SSSR count). The maximum atomic E-state index is 11.2. The van der Waals surface area contributed by atoms with Crippen molar-refractivity contribution in [2.45, 2.75) is 31.7 Å². The van der Waals surface area contributed by atoms with E-state index in [1.165, 1.54) is 10.9 Å². The lowest BCUT2D eigenvalue weighted by atomic mass is 9.93. The lowest BCUT2D eigenvalue weighted by Crippen LogP contribution is -2.35. The third-order valence-corrected chi connectivity index (χ3v) is 3.38. The van der Waals surface area contributed by atoms with Crippen molar-refractivity contribution in [3.8, 4) is 0 Å². The number of anilines is 1. The van der Waals surface area contributed by atoms with Crippen LogP contribution in [0.15, 0.2) is 6.20 Å². The highest BCUT2D eigenvalue weighted by Gasteiger charge is 2.29. The molecule has 0 N–H and O–H groups in total. The average molecular weight is 252 g/mol. The van der Waals surface area contributed by atoms with E-state index in [2.05, 4.69) is 5.10 Å². The Morgan fingerprint density at radius 2 is 2.11 bits per heavy atom. The Balaban J connectivity index is 2.20. The lowest BCUT2D eigenvalue weighted by molar-refractivity contribution is -0.384. The second-order valence-corrected chi connectivity index (χ2v) is 4.65. The first-order valence-electron chi connectivity index (χ1n) is 5.91. The quantitative estimate of drug-likeness (QED) is 0.597. The van der Waals surface area contributed by atoms with Gasteiger partial charge in [-0.15, -0.1) is 5.10 Å². The van der Waals surface area contributed by atoms with E-state index in [-0.39, 0.29) is 17.5 Å². The van der Waals surface area contributed by atoms with E-state index < -0.39 is 4.92 Å². The molecule has 0 aliphatic heterocycles. The van der Waals surface area contributed by atoms with Gasteiger partial charge in [-0.05, 0) is 12.8 Å². The number of Topliss-reactive ketones (excluding diaryl/α,β-unsaturated/α-hetero) is 1. The summed E-state index contributed by atoms with van der Waals surface area (Å²) in [7, 11) is 3.46. The van der Waals surface area contributed by atoms with Gasteiger partial charge in [0.25, 0.3) is 0 Å². The smallest absolute Gasteiger partial charge is 0.330 e. The number of aromatic nitrogens is 2. The first kappa shape index (κ1) is 12.5. The van der Waals surface area contributed by atoms with Crippen LogP contribution in [0.3, 0.4) is 0 Å². The zero-order valence-corrected chi connectivity index (χ0v) is 10.5. The van der Waals surface area contributed by atoms with Gasteiger partial charge >= 0.3 is 5.69 Å². The molecule has 0 spiro atoms. The number of aryl methyl sites for hydroxylation is 1.